The first-order chi connectivity index (χ1) is 11.5. The van der Waals surface area contributed by atoms with Gasteiger partial charge in [-0.05, 0) is 49.3 Å². The molecule has 3 nitrogen and oxygen atoms in total. The largest absolute Gasteiger partial charge is 0.378 e. The molecule has 2 fully saturated rings. The summed E-state index contributed by atoms with van der Waals surface area (Å²) in [6.45, 7) is 2.76. The molecule has 1 saturated carbocycles. The summed E-state index contributed by atoms with van der Waals surface area (Å²) in [6.07, 6.45) is 4.04. The highest BCUT2D eigenvalue weighted by Crippen LogP contribution is 2.41. The van der Waals surface area contributed by atoms with Gasteiger partial charge in [-0.25, -0.2) is 13.2 Å². The molecule has 0 bridgehead atoms. The minimum Gasteiger partial charge on any atom is -0.378 e. The molecule has 0 radical (unpaired) electrons. The van der Waals surface area contributed by atoms with Crippen molar-refractivity contribution in [1.82, 2.24) is 5.32 Å². The molecule has 132 valence electrons. The van der Waals surface area contributed by atoms with Crippen LogP contribution in [0.1, 0.15) is 50.5 Å². The van der Waals surface area contributed by atoms with Gasteiger partial charge in [0.2, 0.25) is 5.91 Å². The maximum absolute atomic E-state index is 13.3. The zero-order valence-corrected chi connectivity index (χ0v) is 13.7. The van der Waals surface area contributed by atoms with E-state index in [1.165, 1.54) is 0 Å². The van der Waals surface area contributed by atoms with Crippen LogP contribution in [0.2, 0.25) is 0 Å². The van der Waals surface area contributed by atoms with Crippen LogP contribution < -0.4 is 5.32 Å². The Hall–Kier alpha value is -1.56. The van der Waals surface area contributed by atoms with E-state index in [0.29, 0.717) is 30.9 Å². The molecular formula is C18H22F3NO2. The summed E-state index contributed by atoms with van der Waals surface area (Å²) in [5.74, 6) is -3.68. The summed E-state index contributed by atoms with van der Waals surface area (Å²) >= 11 is 0. The average molecular weight is 341 g/mol. The lowest BCUT2D eigenvalue weighted by Gasteiger charge is -2.28. The smallest absolute Gasteiger partial charge is 0.220 e. The molecule has 1 aliphatic carbocycles. The van der Waals surface area contributed by atoms with E-state index in [-0.39, 0.29) is 24.0 Å². The van der Waals surface area contributed by atoms with Crippen LogP contribution in [0.5, 0.6) is 0 Å². The number of carbonyl (C=O) groups is 1. The summed E-state index contributed by atoms with van der Waals surface area (Å²) in [5, 5.41) is 2.92. The normalized spacial score (nSPS) is 29.3. The maximum atomic E-state index is 13.3. The van der Waals surface area contributed by atoms with Gasteiger partial charge < -0.3 is 10.1 Å². The number of amides is 1. The first-order valence-electron chi connectivity index (χ1n) is 8.53. The maximum Gasteiger partial charge on any atom is 0.220 e. The van der Waals surface area contributed by atoms with E-state index in [1.54, 1.807) is 0 Å². The molecule has 1 saturated heterocycles. The van der Waals surface area contributed by atoms with Crippen molar-refractivity contribution >= 4 is 5.91 Å². The molecule has 0 aromatic heterocycles. The van der Waals surface area contributed by atoms with Gasteiger partial charge in [0.25, 0.3) is 0 Å². The Bertz CT molecular complexity index is 599. The molecule has 24 heavy (non-hydrogen) atoms. The second kappa shape index (κ2) is 7.13. The van der Waals surface area contributed by atoms with Crippen LogP contribution in [0.3, 0.4) is 0 Å². The summed E-state index contributed by atoms with van der Waals surface area (Å²) in [7, 11) is 0. The summed E-state index contributed by atoms with van der Waals surface area (Å²) < 4.78 is 45.2. The van der Waals surface area contributed by atoms with Crippen molar-refractivity contribution in [1.29, 1.82) is 0 Å². The zero-order valence-electron chi connectivity index (χ0n) is 13.7. The quantitative estimate of drug-likeness (QED) is 0.830. The fraction of sp³-hybridized carbons (Fsp3) is 0.611. The number of benzene rings is 1. The molecule has 4 atom stereocenters. The average Bonchev–Trinajstić information content (AvgIpc) is 3.31. The lowest BCUT2D eigenvalue weighted by molar-refractivity contribution is -0.123. The first kappa shape index (κ1) is 17.3. The van der Waals surface area contributed by atoms with Crippen LogP contribution in [0.15, 0.2) is 12.1 Å². The van der Waals surface area contributed by atoms with Gasteiger partial charge >= 0.3 is 0 Å². The summed E-state index contributed by atoms with van der Waals surface area (Å²) in [4.78, 5) is 12.2. The Kier molecular flexibility index (Phi) is 5.13. The minimum atomic E-state index is -1.45. The number of halogens is 3. The Balaban J connectivity index is 1.50. The van der Waals surface area contributed by atoms with Gasteiger partial charge in [0.15, 0.2) is 17.5 Å². The van der Waals surface area contributed by atoms with E-state index >= 15 is 0 Å². The zero-order chi connectivity index (χ0) is 17.3. The van der Waals surface area contributed by atoms with Crippen LogP contribution in [0.4, 0.5) is 13.2 Å². The van der Waals surface area contributed by atoms with Gasteiger partial charge in [0, 0.05) is 25.0 Å². The number of hydrogen-bond donors (Lipinski definition) is 1. The number of ether oxygens (including phenoxy) is 1. The molecular weight excluding hydrogens is 319 g/mol. The van der Waals surface area contributed by atoms with Gasteiger partial charge in [-0.3, -0.25) is 4.79 Å². The topological polar surface area (TPSA) is 38.3 Å². The van der Waals surface area contributed by atoms with Crippen LogP contribution in [-0.4, -0.2) is 24.7 Å². The predicted molar refractivity (Wildman–Crippen MR) is 83.0 cm³/mol. The van der Waals surface area contributed by atoms with Crippen molar-refractivity contribution in [3.05, 3.63) is 35.1 Å². The SMILES string of the molecule is CC[C@@H]1C[C@H](CC(=O)N[C@@H]2C[C@H]2c2cc(F)c(F)c(F)c2)CCO1. The second-order valence-corrected chi connectivity index (χ2v) is 6.81. The van der Waals surface area contributed by atoms with E-state index < -0.39 is 17.5 Å². The van der Waals surface area contributed by atoms with Gasteiger partial charge in [0.05, 0.1) is 6.10 Å². The highest BCUT2D eigenvalue weighted by molar-refractivity contribution is 5.77. The number of nitrogens with one attached hydrogen (secondary N) is 1. The lowest BCUT2D eigenvalue weighted by atomic mass is 9.91. The highest BCUT2D eigenvalue weighted by atomic mass is 19.2. The Labute approximate surface area is 139 Å². The minimum absolute atomic E-state index is 0.0349. The van der Waals surface area contributed by atoms with Gasteiger partial charge in [-0.2, -0.15) is 0 Å². The molecule has 1 aromatic rings. The molecule has 1 aromatic carbocycles. The third-order valence-electron chi connectivity index (χ3n) is 4.98. The molecule has 0 spiro atoms. The molecule has 1 heterocycles. The van der Waals surface area contributed by atoms with Crippen molar-refractivity contribution in [2.45, 2.75) is 57.1 Å². The molecule has 3 rings (SSSR count). The molecule has 2 aliphatic rings. The Morgan fingerprint density at radius 3 is 2.62 bits per heavy atom. The van der Waals surface area contributed by atoms with E-state index in [0.717, 1.165) is 31.4 Å². The summed E-state index contributed by atoms with van der Waals surface area (Å²) in [5.41, 5.74) is 0.397. The van der Waals surface area contributed by atoms with Crippen LogP contribution in [0, 0.1) is 23.4 Å². The number of carbonyl (C=O) groups excluding carboxylic acids is 1. The standard InChI is InChI=1S/C18H22F3NO2/c1-2-12-5-10(3-4-24-12)6-17(23)22-16-9-13(16)11-7-14(19)18(21)15(20)8-11/h7-8,10,12-13,16H,2-6,9H2,1H3,(H,22,23)/t10-,12-,13+,16-/m1/s1. The summed E-state index contributed by atoms with van der Waals surface area (Å²) in [6, 6.07) is 1.91. The van der Waals surface area contributed by atoms with Crippen LogP contribution in [0.25, 0.3) is 0 Å². The predicted octanol–water partition coefficient (Wildman–Crippen LogP) is 3.67. The second-order valence-electron chi connectivity index (χ2n) is 6.81. The first-order valence-corrected chi connectivity index (χ1v) is 8.53. The van der Waals surface area contributed by atoms with Crippen molar-refractivity contribution in [3.8, 4) is 0 Å². The van der Waals surface area contributed by atoms with E-state index in [2.05, 4.69) is 12.2 Å². The highest BCUT2D eigenvalue weighted by Gasteiger charge is 2.40. The van der Waals surface area contributed by atoms with Crippen LogP contribution in [-0.2, 0) is 9.53 Å². The molecule has 0 unspecified atom stereocenters. The Morgan fingerprint density at radius 1 is 1.25 bits per heavy atom. The third-order valence-corrected chi connectivity index (χ3v) is 4.98. The monoisotopic (exact) mass is 341 g/mol. The lowest BCUT2D eigenvalue weighted by Crippen LogP contribution is -2.32. The number of hydrogen-bond acceptors (Lipinski definition) is 2. The van der Waals surface area contributed by atoms with E-state index in [1.807, 2.05) is 0 Å². The van der Waals surface area contributed by atoms with Gasteiger partial charge in [-0.15, -0.1) is 0 Å². The van der Waals surface area contributed by atoms with E-state index in [9.17, 15) is 18.0 Å². The molecule has 6 heteroatoms. The third kappa shape index (κ3) is 3.91. The fourth-order valence-corrected chi connectivity index (χ4v) is 3.47. The van der Waals surface area contributed by atoms with Crippen molar-refractivity contribution in [3.63, 3.8) is 0 Å². The number of rotatable bonds is 5. The molecule has 1 amide bonds. The van der Waals surface area contributed by atoms with Gasteiger partial charge in [0.1, 0.15) is 0 Å². The van der Waals surface area contributed by atoms with Crippen molar-refractivity contribution in [2.24, 2.45) is 5.92 Å². The van der Waals surface area contributed by atoms with Crippen molar-refractivity contribution in [2.75, 3.05) is 6.61 Å². The fourth-order valence-electron chi connectivity index (χ4n) is 3.47. The Morgan fingerprint density at radius 2 is 1.96 bits per heavy atom. The van der Waals surface area contributed by atoms with Crippen molar-refractivity contribution < 1.29 is 22.7 Å². The molecule has 1 N–H and O–H groups in total. The van der Waals surface area contributed by atoms with Gasteiger partial charge in [-0.1, -0.05) is 6.92 Å². The molecule has 1 aliphatic heterocycles. The van der Waals surface area contributed by atoms with E-state index in [4.69, 9.17) is 4.74 Å². The van der Waals surface area contributed by atoms with Crippen LogP contribution >= 0.6 is 0 Å².